The van der Waals surface area contributed by atoms with Gasteiger partial charge in [0.15, 0.2) is 0 Å². The number of rotatable bonds is 4. The van der Waals surface area contributed by atoms with E-state index >= 15 is 0 Å². The number of hydrogen-bond donors (Lipinski definition) is 0. The van der Waals surface area contributed by atoms with Crippen LogP contribution in [0.1, 0.15) is 19.4 Å². The molecule has 3 rings (SSSR count). The predicted octanol–water partition coefficient (Wildman–Crippen LogP) is 5.24. The van der Waals surface area contributed by atoms with E-state index in [1.165, 1.54) is 16.5 Å². The largest absolute Gasteiger partial charge is 0.491 e. The van der Waals surface area contributed by atoms with E-state index in [1.54, 1.807) is 0 Å². The highest BCUT2D eigenvalue weighted by Crippen LogP contribution is 2.24. The van der Waals surface area contributed by atoms with Crippen LogP contribution < -0.4 is 4.74 Å². The molecule has 2 aromatic carbocycles. The molecular formula is C18H18BrNO. The number of halogens is 1. The van der Waals surface area contributed by atoms with Gasteiger partial charge in [0.25, 0.3) is 0 Å². The summed E-state index contributed by atoms with van der Waals surface area (Å²) in [4.78, 5) is 0. The molecule has 0 unspecified atom stereocenters. The molecule has 0 aliphatic heterocycles. The molecule has 1 heterocycles. The molecule has 0 saturated carbocycles. The molecule has 0 amide bonds. The number of hydrogen-bond acceptors (Lipinski definition) is 1. The first-order chi connectivity index (χ1) is 10.1. The average Bonchev–Trinajstić information content (AvgIpc) is 2.81. The van der Waals surface area contributed by atoms with Crippen molar-refractivity contribution in [2.45, 2.75) is 26.5 Å². The van der Waals surface area contributed by atoms with Gasteiger partial charge in [-0.05, 0) is 55.8 Å². The maximum atomic E-state index is 5.75. The van der Waals surface area contributed by atoms with Crippen LogP contribution in [0.4, 0.5) is 0 Å². The summed E-state index contributed by atoms with van der Waals surface area (Å²) in [5.41, 5.74) is 2.51. The molecule has 3 aromatic rings. The highest BCUT2D eigenvalue weighted by Gasteiger charge is 2.05. The van der Waals surface area contributed by atoms with Crippen LogP contribution in [0.3, 0.4) is 0 Å². The van der Waals surface area contributed by atoms with E-state index in [2.05, 4.69) is 63.1 Å². The van der Waals surface area contributed by atoms with Gasteiger partial charge in [-0.25, -0.2) is 0 Å². The van der Waals surface area contributed by atoms with Gasteiger partial charge < -0.3 is 9.30 Å². The number of nitrogens with zero attached hydrogens (tertiary/aromatic N) is 1. The Kier molecular flexibility index (Phi) is 4.02. The van der Waals surface area contributed by atoms with Crippen molar-refractivity contribution in [3.05, 3.63) is 64.8 Å². The van der Waals surface area contributed by atoms with Crippen molar-refractivity contribution >= 4 is 26.8 Å². The molecule has 0 atom stereocenters. The van der Waals surface area contributed by atoms with E-state index < -0.39 is 0 Å². The zero-order chi connectivity index (χ0) is 14.8. The van der Waals surface area contributed by atoms with Crippen molar-refractivity contribution < 1.29 is 4.74 Å². The Morgan fingerprint density at radius 3 is 2.71 bits per heavy atom. The number of benzene rings is 2. The average molecular weight is 344 g/mol. The van der Waals surface area contributed by atoms with Gasteiger partial charge in [0.2, 0.25) is 0 Å². The lowest BCUT2D eigenvalue weighted by Crippen LogP contribution is -2.05. The molecule has 0 spiro atoms. The maximum Gasteiger partial charge on any atom is 0.120 e. The Balaban J connectivity index is 1.90. The maximum absolute atomic E-state index is 5.75. The van der Waals surface area contributed by atoms with Crippen molar-refractivity contribution in [3.63, 3.8) is 0 Å². The second-order valence-corrected chi connectivity index (χ2v) is 6.38. The van der Waals surface area contributed by atoms with Crippen LogP contribution in [-0.4, -0.2) is 10.7 Å². The lowest BCUT2D eigenvalue weighted by molar-refractivity contribution is 0.243. The van der Waals surface area contributed by atoms with Crippen molar-refractivity contribution in [2.75, 3.05) is 0 Å². The van der Waals surface area contributed by atoms with Crippen LogP contribution in [0, 0.1) is 0 Å². The first-order valence-corrected chi connectivity index (χ1v) is 7.91. The molecule has 2 nitrogen and oxygen atoms in total. The van der Waals surface area contributed by atoms with Crippen LogP contribution in [0.25, 0.3) is 10.9 Å². The third kappa shape index (κ3) is 3.30. The molecule has 0 aliphatic rings. The van der Waals surface area contributed by atoms with Crippen LogP contribution in [0.15, 0.2) is 59.2 Å². The molecule has 21 heavy (non-hydrogen) atoms. The zero-order valence-corrected chi connectivity index (χ0v) is 13.8. The van der Waals surface area contributed by atoms with Gasteiger partial charge in [-0.15, -0.1) is 0 Å². The van der Waals surface area contributed by atoms with Crippen molar-refractivity contribution in [1.82, 2.24) is 4.57 Å². The van der Waals surface area contributed by atoms with E-state index in [0.29, 0.717) is 0 Å². The molecule has 0 N–H and O–H groups in total. The number of aromatic nitrogens is 1. The summed E-state index contributed by atoms with van der Waals surface area (Å²) in [6.45, 7) is 4.96. The highest BCUT2D eigenvalue weighted by atomic mass is 79.9. The molecule has 1 aromatic heterocycles. The van der Waals surface area contributed by atoms with Crippen LogP contribution in [-0.2, 0) is 6.54 Å². The summed E-state index contributed by atoms with van der Waals surface area (Å²) in [7, 11) is 0. The fourth-order valence-electron chi connectivity index (χ4n) is 2.49. The van der Waals surface area contributed by atoms with E-state index in [-0.39, 0.29) is 6.10 Å². The fraction of sp³-hybridized carbons (Fsp3) is 0.222. The van der Waals surface area contributed by atoms with Gasteiger partial charge in [0, 0.05) is 28.1 Å². The monoisotopic (exact) mass is 343 g/mol. The molecule has 3 heteroatoms. The minimum atomic E-state index is 0.200. The highest BCUT2D eigenvalue weighted by molar-refractivity contribution is 9.10. The van der Waals surface area contributed by atoms with E-state index in [9.17, 15) is 0 Å². The summed E-state index contributed by atoms with van der Waals surface area (Å²) < 4.78 is 9.13. The van der Waals surface area contributed by atoms with E-state index in [4.69, 9.17) is 4.74 Å². The Morgan fingerprint density at radius 1 is 1.10 bits per heavy atom. The Labute approximate surface area is 133 Å². The molecular weight excluding hydrogens is 326 g/mol. The Morgan fingerprint density at radius 2 is 1.95 bits per heavy atom. The minimum Gasteiger partial charge on any atom is -0.491 e. The summed E-state index contributed by atoms with van der Waals surface area (Å²) in [6.07, 6.45) is 2.33. The molecule has 0 bridgehead atoms. The normalized spacial score (nSPS) is 11.2. The molecule has 0 fully saturated rings. The van der Waals surface area contributed by atoms with Crippen LogP contribution in [0.2, 0.25) is 0 Å². The fourth-order valence-corrected chi connectivity index (χ4v) is 2.94. The van der Waals surface area contributed by atoms with Gasteiger partial charge >= 0.3 is 0 Å². The predicted molar refractivity (Wildman–Crippen MR) is 90.9 cm³/mol. The topological polar surface area (TPSA) is 14.2 Å². The summed E-state index contributed by atoms with van der Waals surface area (Å²) in [5.74, 6) is 0.928. The summed E-state index contributed by atoms with van der Waals surface area (Å²) in [6, 6.07) is 16.8. The smallest absolute Gasteiger partial charge is 0.120 e. The Hall–Kier alpha value is -1.74. The first kappa shape index (κ1) is 14.2. The second-order valence-electron chi connectivity index (χ2n) is 5.46. The summed E-state index contributed by atoms with van der Waals surface area (Å²) >= 11 is 3.52. The number of ether oxygens (including phenoxy) is 1. The van der Waals surface area contributed by atoms with Gasteiger partial charge in [-0.3, -0.25) is 0 Å². The Bertz CT molecular complexity index is 761. The quantitative estimate of drug-likeness (QED) is 0.631. The lowest BCUT2D eigenvalue weighted by atomic mass is 10.2. The van der Waals surface area contributed by atoms with Crippen LogP contribution >= 0.6 is 15.9 Å². The molecule has 0 radical (unpaired) electrons. The van der Waals surface area contributed by atoms with Crippen LogP contribution in [0.5, 0.6) is 5.75 Å². The SMILES string of the molecule is CC(C)Oc1ccc2c(ccn2Cc2cccc(Br)c2)c1. The van der Waals surface area contributed by atoms with Gasteiger partial charge in [0.1, 0.15) is 5.75 Å². The van der Waals surface area contributed by atoms with Crippen molar-refractivity contribution in [1.29, 1.82) is 0 Å². The number of fused-ring (bicyclic) bond motifs is 1. The minimum absolute atomic E-state index is 0.200. The van der Waals surface area contributed by atoms with Gasteiger partial charge in [-0.1, -0.05) is 28.1 Å². The van der Waals surface area contributed by atoms with Crippen molar-refractivity contribution in [2.24, 2.45) is 0 Å². The third-order valence-corrected chi connectivity index (χ3v) is 3.85. The molecule has 108 valence electrons. The van der Waals surface area contributed by atoms with Gasteiger partial charge in [-0.2, -0.15) is 0 Å². The first-order valence-electron chi connectivity index (χ1n) is 7.12. The molecule has 0 saturated heterocycles. The summed E-state index contributed by atoms with van der Waals surface area (Å²) in [5, 5.41) is 1.21. The third-order valence-electron chi connectivity index (χ3n) is 3.36. The van der Waals surface area contributed by atoms with E-state index in [1.807, 2.05) is 26.0 Å². The van der Waals surface area contributed by atoms with E-state index in [0.717, 1.165) is 16.8 Å². The zero-order valence-electron chi connectivity index (χ0n) is 12.2. The van der Waals surface area contributed by atoms with Gasteiger partial charge in [0.05, 0.1) is 6.10 Å². The van der Waals surface area contributed by atoms with Crippen molar-refractivity contribution in [3.8, 4) is 5.75 Å². The standard InChI is InChI=1S/C18H18BrNO/c1-13(2)21-17-6-7-18-15(11-17)8-9-20(18)12-14-4-3-5-16(19)10-14/h3-11,13H,12H2,1-2H3. The lowest BCUT2D eigenvalue weighted by Gasteiger charge is -2.10. The second kappa shape index (κ2) is 5.94. The molecule has 0 aliphatic carbocycles.